The van der Waals surface area contributed by atoms with Gasteiger partial charge in [0.25, 0.3) is 5.91 Å². The average Bonchev–Trinajstić information content (AvgIpc) is 3.36. The smallest absolute Gasteiger partial charge is 0.410 e. The summed E-state index contributed by atoms with van der Waals surface area (Å²) in [6.45, 7) is 1.59. The highest BCUT2D eigenvalue weighted by atomic mass is 19.4. The van der Waals surface area contributed by atoms with Crippen LogP contribution in [0, 0.1) is 0 Å². The number of benzene rings is 1. The third kappa shape index (κ3) is 3.90. The Morgan fingerprint density at radius 3 is 2.80 bits per heavy atom. The first kappa shape index (κ1) is 20.0. The number of carbonyl (C=O) groups excluding carboxylic acids is 1. The number of aromatic nitrogens is 2. The Hall–Kier alpha value is -3.27. The summed E-state index contributed by atoms with van der Waals surface area (Å²) in [4.78, 5) is 12.6. The van der Waals surface area contributed by atoms with Crippen LogP contribution in [0.2, 0.25) is 0 Å². The molecule has 30 heavy (non-hydrogen) atoms. The standard InChI is InChI=1S/C20H19F3N4O3/c1-11(28)12-4-2-5-13(8-12)24-19(29)15-10-18-25-14(16-6-3-7-30-16)9-17(20(21,22)23)27(18)26-15/h2-8,10-11,14,17,25,28H,9H2,1H3,(H,24,29)/t11-,14-,17+/m0/s1. The van der Waals surface area contributed by atoms with Gasteiger partial charge in [0.1, 0.15) is 11.6 Å². The summed E-state index contributed by atoms with van der Waals surface area (Å²) in [6, 6.07) is 8.44. The number of hydrogen-bond donors (Lipinski definition) is 3. The molecule has 10 heteroatoms. The Morgan fingerprint density at radius 1 is 1.33 bits per heavy atom. The number of furan rings is 1. The molecule has 2 aromatic heterocycles. The lowest BCUT2D eigenvalue weighted by molar-refractivity contribution is -0.174. The van der Waals surface area contributed by atoms with E-state index in [9.17, 15) is 23.1 Å². The summed E-state index contributed by atoms with van der Waals surface area (Å²) >= 11 is 0. The molecule has 1 aliphatic heterocycles. The zero-order chi connectivity index (χ0) is 21.5. The van der Waals surface area contributed by atoms with E-state index in [4.69, 9.17) is 4.42 Å². The van der Waals surface area contributed by atoms with Crippen LogP contribution in [0.1, 0.15) is 53.3 Å². The lowest BCUT2D eigenvalue weighted by Gasteiger charge is -2.32. The maximum atomic E-state index is 13.7. The summed E-state index contributed by atoms with van der Waals surface area (Å²) in [5.74, 6) is -0.206. The van der Waals surface area contributed by atoms with Crippen LogP contribution in [0.5, 0.6) is 0 Å². The summed E-state index contributed by atoms with van der Waals surface area (Å²) in [6.07, 6.45) is -4.20. The van der Waals surface area contributed by atoms with E-state index in [1.54, 1.807) is 43.3 Å². The van der Waals surface area contributed by atoms with Crippen LogP contribution in [-0.4, -0.2) is 27.0 Å². The number of fused-ring (bicyclic) bond motifs is 1. The van der Waals surface area contributed by atoms with E-state index < -0.39 is 30.3 Å². The highest BCUT2D eigenvalue weighted by Crippen LogP contribution is 2.43. The molecule has 4 rings (SSSR count). The molecule has 0 bridgehead atoms. The van der Waals surface area contributed by atoms with Gasteiger partial charge >= 0.3 is 6.18 Å². The van der Waals surface area contributed by atoms with Gasteiger partial charge in [-0.1, -0.05) is 12.1 Å². The summed E-state index contributed by atoms with van der Waals surface area (Å²) in [7, 11) is 0. The van der Waals surface area contributed by atoms with Gasteiger partial charge in [-0.05, 0) is 36.8 Å². The summed E-state index contributed by atoms with van der Waals surface area (Å²) in [5.41, 5.74) is 0.837. The molecule has 3 heterocycles. The van der Waals surface area contributed by atoms with Crippen molar-refractivity contribution in [1.29, 1.82) is 0 Å². The zero-order valence-corrected chi connectivity index (χ0v) is 15.8. The van der Waals surface area contributed by atoms with Gasteiger partial charge in [-0.25, -0.2) is 4.68 Å². The Morgan fingerprint density at radius 2 is 2.13 bits per heavy atom. The van der Waals surface area contributed by atoms with E-state index in [1.807, 2.05) is 0 Å². The maximum absolute atomic E-state index is 13.7. The Labute approximate surface area is 169 Å². The normalized spacial score (nSPS) is 19.6. The number of nitrogens with one attached hydrogen (secondary N) is 2. The molecule has 3 atom stereocenters. The van der Waals surface area contributed by atoms with E-state index in [-0.39, 0.29) is 17.9 Å². The van der Waals surface area contributed by atoms with E-state index in [2.05, 4.69) is 15.7 Å². The number of alkyl halides is 3. The first-order valence-electron chi connectivity index (χ1n) is 9.28. The van der Waals surface area contributed by atoms with Crippen LogP contribution in [0.3, 0.4) is 0 Å². The summed E-state index contributed by atoms with van der Waals surface area (Å²) in [5, 5.41) is 19.1. The maximum Gasteiger partial charge on any atom is 0.410 e. The number of rotatable bonds is 4. The molecule has 0 saturated heterocycles. The van der Waals surface area contributed by atoms with E-state index in [1.165, 1.54) is 12.3 Å². The van der Waals surface area contributed by atoms with Gasteiger partial charge in [0, 0.05) is 18.2 Å². The lowest BCUT2D eigenvalue weighted by atomic mass is 10.0. The molecule has 1 aliphatic rings. The number of anilines is 2. The van der Waals surface area contributed by atoms with Gasteiger partial charge in [-0.15, -0.1) is 0 Å². The van der Waals surface area contributed by atoms with Gasteiger partial charge in [-0.2, -0.15) is 18.3 Å². The van der Waals surface area contributed by atoms with Crippen LogP contribution in [0.15, 0.2) is 53.1 Å². The Kier molecular flexibility index (Phi) is 5.02. The fourth-order valence-corrected chi connectivity index (χ4v) is 3.43. The number of aliphatic hydroxyl groups is 1. The predicted molar refractivity (Wildman–Crippen MR) is 102 cm³/mol. The minimum absolute atomic E-state index is 0.0767. The quantitative estimate of drug-likeness (QED) is 0.580. The topological polar surface area (TPSA) is 92.3 Å². The SMILES string of the molecule is C[C@H](O)c1cccc(NC(=O)c2cc3n(n2)[C@@H](C(F)(F)F)C[C@@H](c2ccco2)N3)c1. The van der Waals surface area contributed by atoms with Crippen molar-refractivity contribution < 1.29 is 27.5 Å². The molecule has 1 aromatic carbocycles. The molecule has 0 radical (unpaired) electrons. The van der Waals surface area contributed by atoms with Crippen molar-refractivity contribution in [2.75, 3.05) is 10.6 Å². The van der Waals surface area contributed by atoms with Crippen molar-refractivity contribution in [3.05, 3.63) is 65.7 Å². The molecule has 3 aromatic rings. The molecule has 158 valence electrons. The van der Waals surface area contributed by atoms with Crippen LogP contribution in [0.4, 0.5) is 24.7 Å². The molecule has 3 N–H and O–H groups in total. The van der Waals surface area contributed by atoms with Gasteiger partial charge in [0.05, 0.1) is 18.4 Å². The predicted octanol–water partition coefficient (Wildman–Crippen LogP) is 4.44. The van der Waals surface area contributed by atoms with Crippen molar-refractivity contribution in [2.24, 2.45) is 0 Å². The van der Waals surface area contributed by atoms with Crippen LogP contribution in [0.25, 0.3) is 0 Å². The summed E-state index contributed by atoms with van der Waals surface area (Å²) < 4.78 is 47.1. The minimum atomic E-state index is -4.55. The number of amides is 1. The second kappa shape index (κ2) is 7.52. The van der Waals surface area contributed by atoms with Crippen molar-refractivity contribution in [3.8, 4) is 0 Å². The molecular weight excluding hydrogens is 401 g/mol. The number of carbonyl (C=O) groups is 1. The molecule has 0 fully saturated rings. The molecule has 0 saturated carbocycles. The number of aliphatic hydroxyl groups excluding tert-OH is 1. The number of halogens is 3. The van der Waals surface area contributed by atoms with Crippen LogP contribution in [-0.2, 0) is 0 Å². The largest absolute Gasteiger partial charge is 0.467 e. The third-order valence-corrected chi connectivity index (χ3v) is 4.94. The Bertz CT molecular complexity index is 1040. The van der Waals surface area contributed by atoms with Crippen LogP contribution < -0.4 is 10.6 Å². The van der Waals surface area contributed by atoms with Crippen molar-refractivity contribution in [2.45, 2.75) is 37.7 Å². The molecule has 0 unspecified atom stereocenters. The number of hydrogen-bond acceptors (Lipinski definition) is 5. The average molecular weight is 420 g/mol. The molecule has 0 spiro atoms. The molecule has 0 aliphatic carbocycles. The molecular formula is C20H19F3N4O3. The van der Waals surface area contributed by atoms with E-state index in [0.717, 1.165) is 4.68 Å². The highest BCUT2D eigenvalue weighted by Gasteiger charge is 2.47. The fourth-order valence-electron chi connectivity index (χ4n) is 3.43. The van der Waals surface area contributed by atoms with Crippen molar-refractivity contribution >= 4 is 17.4 Å². The zero-order valence-electron chi connectivity index (χ0n) is 15.8. The lowest BCUT2D eigenvalue weighted by Crippen LogP contribution is -2.35. The van der Waals surface area contributed by atoms with Gasteiger partial charge in [0.15, 0.2) is 11.7 Å². The Balaban J connectivity index is 1.61. The third-order valence-electron chi connectivity index (χ3n) is 4.94. The van der Waals surface area contributed by atoms with E-state index >= 15 is 0 Å². The second-order valence-electron chi connectivity index (χ2n) is 7.12. The van der Waals surface area contributed by atoms with Crippen molar-refractivity contribution in [1.82, 2.24) is 9.78 Å². The van der Waals surface area contributed by atoms with E-state index in [0.29, 0.717) is 17.0 Å². The molecule has 1 amide bonds. The monoisotopic (exact) mass is 420 g/mol. The van der Waals surface area contributed by atoms with Crippen molar-refractivity contribution in [3.63, 3.8) is 0 Å². The highest BCUT2D eigenvalue weighted by molar-refractivity contribution is 6.03. The first-order valence-corrected chi connectivity index (χ1v) is 9.28. The van der Waals surface area contributed by atoms with Gasteiger partial charge < -0.3 is 20.2 Å². The minimum Gasteiger partial charge on any atom is -0.467 e. The van der Waals surface area contributed by atoms with Crippen LogP contribution >= 0.6 is 0 Å². The van der Waals surface area contributed by atoms with Gasteiger partial charge in [-0.3, -0.25) is 4.79 Å². The number of nitrogens with zero attached hydrogens (tertiary/aromatic N) is 2. The first-order chi connectivity index (χ1) is 14.2. The second-order valence-corrected chi connectivity index (χ2v) is 7.12. The van der Waals surface area contributed by atoms with Gasteiger partial charge in [0.2, 0.25) is 0 Å². The fraction of sp³-hybridized carbons (Fsp3) is 0.300. The molecule has 7 nitrogen and oxygen atoms in total.